The molecule has 0 saturated heterocycles. The second kappa shape index (κ2) is 11.1. The number of benzene rings is 2. The highest BCUT2D eigenvalue weighted by Crippen LogP contribution is 2.26. The number of hydrogen-bond donors (Lipinski definition) is 2. The van der Waals surface area contributed by atoms with Gasteiger partial charge in [-0.2, -0.15) is 0 Å². The van der Waals surface area contributed by atoms with E-state index in [1.165, 1.54) is 12.1 Å². The molecule has 9 heteroatoms. The summed E-state index contributed by atoms with van der Waals surface area (Å²) in [6, 6.07) is 10.1. The number of nitro groups is 1. The van der Waals surface area contributed by atoms with Crippen molar-refractivity contribution in [3.63, 3.8) is 0 Å². The number of nitro benzene ring substituents is 1. The summed E-state index contributed by atoms with van der Waals surface area (Å²) in [5.74, 6) is 0.683. The lowest BCUT2D eigenvalue weighted by molar-refractivity contribution is -0.384. The summed E-state index contributed by atoms with van der Waals surface area (Å²) in [6.07, 6.45) is 0. The Balaban J connectivity index is 0.00000338. The van der Waals surface area contributed by atoms with Crippen LogP contribution in [0.5, 0.6) is 5.75 Å². The predicted molar refractivity (Wildman–Crippen MR) is 108 cm³/mol. The van der Waals surface area contributed by atoms with Gasteiger partial charge in [-0.3, -0.25) is 10.1 Å². The fourth-order valence-electron chi connectivity index (χ4n) is 2.21. The number of rotatable bonds is 9. The molecule has 0 spiro atoms. The van der Waals surface area contributed by atoms with Crippen LogP contribution >= 0.6 is 35.6 Å². The molecule has 0 fully saturated rings. The molecular formula is C17H20Cl3N3O3. The zero-order chi connectivity index (χ0) is 18.2. The summed E-state index contributed by atoms with van der Waals surface area (Å²) < 4.78 is 5.40. The van der Waals surface area contributed by atoms with Crippen molar-refractivity contribution >= 4 is 47.0 Å². The quantitative estimate of drug-likeness (QED) is 0.342. The van der Waals surface area contributed by atoms with Crippen LogP contribution in [0.2, 0.25) is 10.0 Å². The third kappa shape index (κ3) is 6.53. The molecule has 26 heavy (non-hydrogen) atoms. The molecule has 2 N–H and O–H groups in total. The first-order chi connectivity index (χ1) is 12.0. The Morgan fingerprint density at radius 1 is 1.12 bits per heavy atom. The molecule has 0 saturated carbocycles. The molecule has 0 aliphatic heterocycles. The van der Waals surface area contributed by atoms with Crippen molar-refractivity contribution in [3.8, 4) is 5.75 Å². The van der Waals surface area contributed by atoms with Crippen LogP contribution in [-0.2, 0) is 6.54 Å². The molecule has 2 aromatic rings. The Morgan fingerprint density at radius 3 is 2.50 bits per heavy atom. The smallest absolute Gasteiger partial charge is 0.271 e. The summed E-state index contributed by atoms with van der Waals surface area (Å²) in [7, 11) is 0. The van der Waals surface area contributed by atoms with E-state index in [0.29, 0.717) is 47.7 Å². The molecule has 6 nitrogen and oxygen atoms in total. The van der Waals surface area contributed by atoms with Gasteiger partial charge in [0.15, 0.2) is 0 Å². The first-order valence-electron chi connectivity index (χ1n) is 7.81. The molecule has 2 aromatic carbocycles. The van der Waals surface area contributed by atoms with Crippen molar-refractivity contribution in [1.82, 2.24) is 5.32 Å². The maximum Gasteiger partial charge on any atom is 0.271 e. The molecule has 0 heterocycles. The number of nitrogens with zero attached hydrogens (tertiary/aromatic N) is 1. The van der Waals surface area contributed by atoms with Crippen molar-refractivity contribution in [2.24, 2.45) is 0 Å². The van der Waals surface area contributed by atoms with Crippen LogP contribution in [0.15, 0.2) is 36.4 Å². The molecular weight excluding hydrogens is 401 g/mol. The minimum Gasteiger partial charge on any atom is -0.492 e. The number of anilines is 1. The van der Waals surface area contributed by atoms with Gasteiger partial charge in [-0.1, -0.05) is 29.3 Å². The van der Waals surface area contributed by atoms with Gasteiger partial charge in [0.2, 0.25) is 0 Å². The molecule has 0 atom stereocenters. The lowest BCUT2D eigenvalue weighted by atomic mass is 10.2. The lowest BCUT2D eigenvalue weighted by Crippen LogP contribution is -2.21. The Hall–Kier alpha value is -1.73. The van der Waals surface area contributed by atoms with Crippen molar-refractivity contribution in [2.75, 3.05) is 25.0 Å². The Bertz CT molecular complexity index is 744. The average Bonchev–Trinajstić information content (AvgIpc) is 2.58. The van der Waals surface area contributed by atoms with Crippen molar-refractivity contribution in [1.29, 1.82) is 0 Å². The second-order valence-electron chi connectivity index (χ2n) is 5.22. The Morgan fingerprint density at radius 2 is 1.88 bits per heavy atom. The third-order valence-electron chi connectivity index (χ3n) is 3.41. The van der Waals surface area contributed by atoms with Crippen molar-refractivity contribution < 1.29 is 9.66 Å². The van der Waals surface area contributed by atoms with E-state index in [4.69, 9.17) is 27.9 Å². The van der Waals surface area contributed by atoms with Gasteiger partial charge in [0.1, 0.15) is 5.75 Å². The first kappa shape index (κ1) is 22.3. The van der Waals surface area contributed by atoms with Crippen LogP contribution < -0.4 is 15.4 Å². The van der Waals surface area contributed by atoms with Gasteiger partial charge in [0, 0.05) is 31.8 Å². The van der Waals surface area contributed by atoms with Crippen LogP contribution in [-0.4, -0.2) is 24.6 Å². The van der Waals surface area contributed by atoms with E-state index in [9.17, 15) is 10.1 Å². The molecule has 0 amide bonds. The van der Waals surface area contributed by atoms with Crippen molar-refractivity contribution in [3.05, 3.63) is 62.1 Å². The maximum absolute atomic E-state index is 10.7. The maximum atomic E-state index is 10.7. The minimum absolute atomic E-state index is 0. The highest BCUT2D eigenvalue weighted by Gasteiger charge is 2.08. The SMILES string of the molecule is CCOc1ccc(CNCCNc2ccc([N+](=O)[O-])cc2Cl)cc1Cl.Cl. The van der Waals surface area contributed by atoms with Gasteiger partial charge >= 0.3 is 0 Å². The largest absolute Gasteiger partial charge is 0.492 e. The summed E-state index contributed by atoms with van der Waals surface area (Å²) in [5.41, 5.74) is 1.70. The Labute approximate surface area is 168 Å². The van der Waals surface area contributed by atoms with E-state index >= 15 is 0 Å². The second-order valence-corrected chi connectivity index (χ2v) is 6.04. The predicted octanol–water partition coefficient (Wildman–Crippen LogP) is 4.92. The van der Waals surface area contributed by atoms with E-state index in [1.807, 2.05) is 25.1 Å². The van der Waals surface area contributed by atoms with Crippen LogP contribution in [0.3, 0.4) is 0 Å². The molecule has 142 valence electrons. The molecule has 0 radical (unpaired) electrons. The fraction of sp³-hybridized carbons (Fsp3) is 0.294. The number of hydrogen-bond acceptors (Lipinski definition) is 5. The van der Waals surface area contributed by atoms with Gasteiger partial charge in [-0.25, -0.2) is 0 Å². The van der Waals surface area contributed by atoms with Gasteiger partial charge in [0.05, 0.1) is 27.3 Å². The number of non-ortho nitro benzene ring substituents is 1. The molecule has 0 bridgehead atoms. The summed E-state index contributed by atoms with van der Waals surface area (Å²) in [5, 5.41) is 18.0. The van der Waals surface area contributed by atoms with Gasteiger partial charge in [-0.15, -0.1) is 12.4 Å². The van der Waals surface area contributed by atoms with Crippen LogP contribution in [0.4, 0.5) is 11.4 Å². The first-order valence-corrected chi connectivity index (χ1v) is 8.56. The number of ether oxygens (including phenoxy) is 1. The van der Waals surface area contributed by atoms with E-state index < -0.39 is 4.92 Å². The molecule has 0 aliphatic carbocycles. The topological polar surface area (TPSA) is 76.4 Å². The van der Waals surface area contributed by atoms with Gasteiger partial charge in [0.25, 0.3) is 5.69 Å². The third-order valence-corrected chi connectivity index (χ3v) is 4.01. The Kier molecular flexibility index (Phi) is 9.51. The summed E-state index contributed by atoms with van der Waals surface area (Å²) >= 11 is 12.2. The monoisotopic (exact) mass is 419 g/mol. The average molecular weight is 421 g/mol. The molecule has 0 aromatic heterocycles. The van der Waals surface area contributed by atoms with Gasteiger partial charge < -0.3 is 15.4 Å². The van der Waals surface area contributed by atoms with Crippen LogP contribution in [0.25, 0.3) is 0 Å². The highest BCUT2D eigenvalue weighted by atomic mass is 35.5. The lowest BCUT2D eigenvalue weighted by Gasteiger charge is -2.10. The molecule has 0 aliphatic rings. The standard InChI is InChI=1S/C17H19Cl2N3O3.ClH/c1-2-25-17-6-3-12(9-15(17)19)11-20-7-8-21-16-5-4-13(22(23)24)10-14(16)18;/h3-6,9-10,20-21H,2,7-8,11H2,1H3;1H. The van der Waals surface area contributed by atoms with E-state index in [-0.39, 0.29) is 18.1 Å². The van der Waals surface area contributed by atoms with E-state index in [1.54, 1.807) is 6.07 Å². The number of nitrogens with one attached hydrogen (secondary N) is 2. The van der Waals surface area contributed by atoms with Crippen LogP contribution in [0, 0.1) is 10.1 Å². The fourth-order valence-corrected chi connectivity index (χ4v) is 2.71. The van der Waals surface area contributed by atoms with E-state index in [0.717, 1.165) is 5.56 Å². The molecule has 2 rings (SSSR count). The van der Waals surface area contributed by atoms with Gasteiger partial charge in [-0.05, 0) is 30.7 Å². The van der Waals surface area contributed by atoms with E-state index in [2.05, 4.69) is 10.6 Å². The van der Waals surface area contributed by atoms with Crippen molar-refractivity contribution in [2.45, 2.75) is 13.5 Å². The number of halogens is 3. The normalized spacial score (nSPS) is 10.1. The highest BCUT2D eigenvalue weighted by molar-refractivity contribution is 6.33. The molecule has 0 unspecified atom stereocenters. The van der Waals surface area contributed by atoms with Crippen LogP contribution in [0.1, 0.15) is 12.5 Å². The summed E-state index contributed by atoms with van der Waals surface area (Å²) in [4.78, 5) is 10.2. The summed E-state index contributed by atoms with van der Waals surface area (Å²) in [6.45, 7) is 4.48. The zero-order valence-corrected chi connectivity index (χ0v) is 16.5. The minimum atomic E-state index is -0.473. The zero-order valence-electron chi connectivity index (χ0n) is 14.1.